The Labute approximate surface area is 96.0 Å². The normalized spacial score (nSPS) is 19.8. The van der Waals surface area contributed by atoms with Gasteiger partial charge < -0.3 is 9.84 Å². The molecule has 0 atom stereocenters. The van der Waals surface area contributed by atoms with Gasteiger partial charge in [-0.3, -0.25) is 9.59 Å². The van der Waals surface area contributed by atoms with Crippen molar-refractivity contribution in [2.24, 2.45) is 5.41 Å². The van der Waals surface area contributed by atoms with Gasteiger partial charge in [0.15, 0.2) is 0 Å². The molecule has 1 N–H and O–H groups in total. The van der Waals surface area contributed by atoms with Gasteiger partial charge in [-0.2, -0.15) is 0 Å². The summed E-state index contributed by atoms with van der Waals surface area (Å²) in [5.41, 5.74) is -0.366. The Morgan fingerprint density at radius 2 is 1.69 bits per heavy atom. The van der Waals surface area contributed by atoms with E-state index in [1.807, 2.05) is 0 Å². The number of methoxy groups -OCH3 is 1. The van der Waals surface area contributed by atoms with E-state index in [0.717, 1.165) is 38.5 Å². The Balaban J connectivity index is 2.72. The highest BCUT2D eigenvalue weighted by molar-refractivity contribution is 5.73. The molecule has 0 saturated heterocycles. The Hall–Kier alpha value is -1.06. The maximum atomic E-state index is 11.4. The fourth-order valence-electron chi connectivity index (χ4n) is 2.59. The van der Waals surface area contributed by atoms with Crippen LogP contribution < -0.4 is 0 Å². The Morgan fingerprint density at radius 3 is 2.12 bits per heavy atom. The molecule has 0 amide bonds. The van der Waals surface area contributed by atoms with Gasteiger partial charge >= 0.3 is 11.9 Å². The van der Waals surface area contributed by atoms with Gasteiger partial charge in [0.1, 0.15) is 0 Å². The lowest BCUT2D eigenvalue weighted by molar-refractivity contribution is -0.146. The van der Waals surface area contributed by atoms with Crippen LogP contribution >= 0.6 is 0 Å². The van der Waals surface area contributed by atoms with Crippen LogP contribution in [0.4, 0.5) is 0 Å². The molecule has 1 saturated carbocycles. The zero-order valence-corrected chi connectivity index (χ0v) is 9.83. The summed E-state index contributed by atoms with van der Waals surface area (Å²) in [6, 6.07) is 0. The van der Waals surface area contributed by atoms with Crippen LogP contribution in [0.2, 0.25) is 0 Å². The standard InChI is InChI=1S/C12H20O4/c1-16-11(15)9-12(8-10(13)14)6-4-2-3-5-7-12/h2-9H2,1H3,(H,13,14). The van der Waals surface area contributed by atoms with Gasteiger partial charge in [-0.05, 0) is 18.3 Å². The second kappa shape index (κ2) is 5.87. The average Bonchev–Trinajstić information content (AvgIpc) is 2.42. The minimum absolute atomic E-state index is 0.0854. The highest BCUT2D eigenvalue weighted by Crippen LogP contribution is 2.41. The number of carbonyl (C=O) groups excluding carboxylic acids is 1. The number of aliphatic carboxylic acids is 1. The molecule has 1 aliphatic rings. The third kappa shape index (κ3) is 3.83. The van der Waals surface area contributed by atoms with Gasteiger partial charge in [0, 0.05) is 0 Å². The molecule has 92 valence electrons. The maximum Gasteiger partial charge on any atom is 0.306 e. The molecular weight excluding hydrogens is 208 g/mol. The largest absolute Gasteiger partial charge is 0.481 e. The molecule has 1 aliphatic carbocycles. The van der Waals surface area contributed by atoms with Gasteiger partial charge in [0.25, 0.3) is 0 Å². The average molecular weight is 228 g/mol. The number of carboxylic acid groups (broad SMARTS) is 1. The highest BCUT2D eigenvalue weighted by Gasteiger charge is 2.35. The molecule has 4 nitrogen and oxygen atoms in total. The van der Waals surface area contributed by atoms with Crippen molar-refractivity contribution in [2.45, 2.75) is 51.4 Å². The van der Waals surface area contributed by atoms with Crippen molar-refractivity contribution in [3.05, 3.63) is 0 Å². The molecule has 1 fully saturated rings. The molecule has 0 aromatic carbocycles. The van der Waals surface area contributed by atoms with Crippen LogP contribution in [0.5, 0.6) is 0 Å². The van der Waals surface area contributed by atoms with Crippen molar-refractivity contribution >= 4 is 11.9 Å². The lowest BCUT2D eigenvalue weighted by Gasteiger charge is -2.29. The number of rotatable bonds is 4. The smallest absolute Gasteiger partial charge is 0.306 e. The van der Waals surface area contributed by atoms with E-state index in [1.165, 1.54) is 7.11 Å². The summed E-state index contributed by atoms with van der Waals surface area (Å²) in [6.45, 7) is 0. The lowest BCUT2D eigenvalue weighted by Crippen LogP contribution is -2.27. The minimum atomic E-state index is -0.814. The first-order valence-electron chi connectivity index (χ1n) is 5.87. The van der Waals surface area contributed by atoms with Crippen molar-refractivity contribution < 1.29 is 19.4 Å². The van der Waals surface area contributed by atoms with E-state index >= 15 is 0 Å². The summed E-state index contributed by atoms with van der Waals surface area (Å²) in [6.07, 6.45) is 6.31. The Kier molecular flexibility index (Phi) is 4.77. The van der Waals surface area contributed by atoms with E-state index in [1.54, 1.807) is 0 Å². The molecule has 1 rings (SSSR count). The third-order valence-corrected chi connectivity index (χ3v) is 3.44. The van der Waals surface area contributed by atoms with Gasteiger partial charge in [0.2, 0.25) is 0 Å². The summed E-state index contributed by atoms with van der Waals surface area (Å²) in [5, 5.41) is 8.96. The van der Waals surface area contributed by atoms with E-state index in [4.69, 9.17) is 5.11 Å². The van der Waals surface area contributed by atoms with Gasteiger partial charge in [-0.1, -0.05) is 25.7 Å². The molecule has 0 bridgehead atoms. The molecule has 0 radical (unpaired) electrons. The predicted molar refractivity (Wildman–Crippen MR) is 59.0 cm³/mol. The Bertz CT molecular complexity index is 252. The monoisotopic (exact) mass is 228 g/mol. The zero-order chi connectivity index (χ0) is 12.0. The predicted octanol–water partition coefficient (Wildman–Crippen LogP) is 2.36. The number of carboxylic acids is 1. The maximum absolute atomic E-state index is 11.4. The first-order valence-corrected chi connectivity index (χ1v) is 5.87. The first kappa shape index (κ1) is 13.0. The van der Waals surface area contributed by atoms with Crippen molar-refractivity contribution in [1.29, 1.82) is 0 Å². The van der Waals surface area contributed by atoms with Crippen molar-refractivity contribution in [2.75, 3.05) is 7.11 Å². The zero-order valence-electron chi connectivity index (χ0n) is 9.83. The van der Waals surface area contributed by atoms with Crippen molar-refractivity contribution in [3.63, 3.8) is 0 Å². The fourth-order valence-corrected chi connectivity index (χ4v) is 2.59. The molecule has 0 spiro atoms. The van der Waals surface area contributed by atoms with Crippen LogP contribution in [0.1, 0.15) is 51.4 Å². The van der Waals surface area contributed by atoms with Crippen LogP contribution in [-0.4, -0.2) is 24.2 Å². The van der Waals surface area contributed by atoms with Gasteiger partial charge in [0.05, 0.1) is 20.0 Å². The summed E-state index contributed by atoms with van der Waals surface area (Å²) in [7, 11) is 1.35. The minimum Gasteiger partial charge on any atom is -0.481 e. The summed E-state index contributed by atoms with van der Waals surface area (Å²) < 4.78 is 4.67. The lowest BCUT2D eigenvalue weighted by atomic mass is 9.75. The van der Waals surface area contributed by atoms with Crippen LogP contribution in [-0.2, 0) is 14.3 Å². The molecule has 0 aliphatic heterocycles. The summed E-state index contributed by atoms with van der Waals surface area (Å²) in [4.78, 5) is 22.3. The fraction of sp³-hybridized carbons (Fsp3) is 0.833. The summed E-state index contributed by atoms with van der Waals surface area (Å²) >= 11 is 0. The molecule has 4 heteroatoms. The third-order valence-electron chi connectivity index (χ3n) is 3.44. The number of hydrogen-bond acceptors (Lipinski definition) is 3. The van der Waals surface area contributed by atoms with Crippen molar-refractivity contribution in [3.8, 4) is 0 Å². The number of esters is 1. The van der Waals surface area contributed by atoms with Gasteiger partial charge in [-0.15, -0.1) is 0 Å². The summed E-state index contributed by atoms with van der Waals surface area (Å²) in [5.74, 6) is -1.10. The van der Waals surface area contributed by atoms with E-state index in [-0.39, 0.29) is 24.2 Å². The van der Waals surface area contributed by atoms with E-state index in [9.17, 15) is 9.59 Å². The van der Waals surface area contributed by atoms with Crippen LogP contribution in [0, 0.1) is 5.41 Å². The topological polar surface area (TPSA) is 63.6 Å². The van der Waals surface area contributed by atoms with Crippen LogP contribution in [0.15, 0.2) is 0 Å². The SMILES string of the molecule is COC(=O)CC1(CC(=O)O)CCCCCC1. The number of carbonyl (C=O) groups is 2. The number of ether oxygens (including phenoxy) is 1. The van der Waals surface area contributed by atoms with E-state index in [2.05, 4.69) is 4.74 Å². The molecule has 0 aromatic rings. The Morgan fingerprint density at radius 1 is 1.12 bits per heavy atom. The van der Waals surface area contributed by atoms with Crippen molar-refractivity contribution in [1.82, 2.24) is 0 Å². The molecule has 0 aromatic heterocycles. The van der Waals surface area contributed by atoms with Crippen LogP contribution in [0.3, 0.4) is 0 Å². The highest BCUT2D eigenvalue weighted by atomic mass is 16.5. The number of hydrogen-bond donors (Lipinski definition) is 1. The van der Waals surface area contributed by atoms with Gasteiger partial charge in [-0.25, -0.2) is 0 Å². The second-order valence-electron chi connectivity index (χ2n) is 4.74. The molecule has 0 unspecified atom stereocenters. The molecule has 0 heterocycles. The molecular formula is C12H20O4. The quantitative estimate of drug-likeness (QED) is 0.592. The van der Waals surface area contributed by atoms with Crippen LogP contribution in [0.25, 0.3) is 0 Å². The second-order valence-corrected chi connectivity index (χ2v) is 4.74. The molecule has 16 heavy (non-hydrogen) atoms. The van der Waals surface area contributed by atoms with E-state index < -0.39 is 5.97 Å². The van der Waals surface area contributed by atoms with E-state index in [0.29, 0.717) is 0 Å². The first-order chi connectivity index (χ1) is 7.58.